The third kappa shape index (κ3) is 5.67. The number of carbonyl (C=O) groups excluding carboxylic acids is 1. The standard InChI is InChI=1S/C17H13BrF3N3O5/c1-29-14-7-12(18)4-10(16(14)26)8-22-23-15(25)5-9-2-3-11(17(19,20)21)6-13(9)24(27)28/h2-4,6-8,26H,5H2,1H3,(H,23,25). The molecule has 0 unspecified atom stereocenters. The number of nitrogens with one attached hydrogen (secondary N) is 1. The van der Waals surface area contributed by atoms with Gasteiger partial charge in [-0.2, -0.15) is 18.3 Å². The SMILES string of the molecule is COc1cc(Br)cc(C=NNC(=O)Cc2ccc(C(F)(F)F)cc2[N+](=O)[O-])c1O. The molecule has 0 saturated carbocycles. The van der Waals surface area contributed by atoms with E-state index in [2.05, 4.69) is 26.5 Å². The molecule has 0 aliphatic rings. The molecular formula is C17H13BrF3N3O5. The number of alkyl halides is 3. The second-order valence-electron chi connectivity index (χ2n) is 5.61. The van der Waals surface area contributed by atoms with Crippen molar-refractivity contribution < 1.29 is 32.7 Å². The van der Waals surface area contributed by atoms with Gasteiger partial charge in [-0.05, 0) is 18.2 Å². The second-order valence-corrected chi connectivity index (χ2v) is 6.53. The van der Waals surface area contributed by atoms with E-state index in [4.69, 9.17) is 4.74 Å². The smallest absolute Gasteiger partial charge is 0.416 e. The molecule has 2 aromatic carbocycles. The average Bonchev–Trinajstić information content (AvgIpc) is 2.63. The van der Waals surface area contributed by atoms with Gasteiger partial charge in [-0.25, -0.2) is 5.43 Å². The number of methoxy groups -OCH3 is 1. The topological polar surface area (TPSA) is 114 Å². The molecule has 8 nitrogen and oxygen atoms in total. The number of hydrazone groups is 1. The van der Waals surface area contributed by atoms with Crippen LogP contribution in [0.5, 0.6) is 11.5 Å². The third-order valence-electron chi connectivity index (χ3n) is 3.64. The highest BCUT2D eigenvalue weighted by molar-refractivity contribution is 9.10. The van der Waals surface area contributed by atoms with Gasteiger partial charge in [-0.3, -0.25) is 14.9 Å². The van der Waals surface area contributed by atoms with Gasteiger partial charge >= 0.3 is 6.18 Å². The van der Waals surface area contributed by atoms with E-state index >= 15 is 0 Å². The summed E-state index contributed by atoms with van der Waals surface area (Å²) in [5, 5.41) is 24.7. The lowest BCUT2D eigenvalue weighted by atomic mass is 10.1. The van der Waals surface area contributed by atoms with Gasteiger partial charge in [0.15, 0.2) is 11.5 Å². The van der Waals surface area contributed by atoms with Gasteiger partial charge in [0.1, 0.15) is 0 Å². The summed E-state index contributed by atoms with van der Waals surface area (Å²) in [6.45, 7) is 0. The van der Waals surface area contributed by atoms with Crippen LogP contribution in [0.25, 0.3) is 0 Å². The first-order valence-electron chi connectivity index (χ1n) is 7.76. The number of carbonyl (C=O) groups is 1. The second kappa shape index (κ2) is 8.90. The van der Waals surface area contributed by atoms with E-state index in [9.17, 15) is 33.2 Å². The number of nitro benzene ring substituents is 1. The van der Waals surface area contributed by atoms with E-state index in [0.717, 1.165) is 12.3 Å². The molecule has 12 heteroatoms. The molecule has 0 fully saturated rings. The molecule has 2 N–H and O–H groups in total. The quantitative estimate of drug-likeness (QED) is 0.374. The molecular weight excluding hydrogens is 463 g/mol. The molecule has 0 radical (unpaired) electrons. The minimum atomic E-state index is -4.75. The summed E-state index contributed by atoms with van der Waals surface area (Å²) < 4.78 is 43.7. The number of nitrogens with zero attached hydrogens (tertiary/aromatic N) is 2. The number of rotatable bonds is 6. The van der Waals surface area contributed by atoms with Crippen LogP contribution in [0.2, 0.25) is 0 Å². The maximum atomic E-state index is 12.7. The summed E-state index contributed by atoms with van der Waals surface area (Å²) in [6.07, 6.45) is -4.20. The van der Waals surface area contributed by atoms with Gasteiger partial charge in [-0.15, -0.1) is 0 Å². The Labute approximate surface area is 170 Å². The van der Waals surface area contributed by atoms with Crippen LogP contribution in [-0.2, 0) is 17.4 Å². The lowest BCUT2D eigenvalue weighted by Gasteiger charge is -2.08. The predicted molar refractivity (Wildman–Crippen MR) is 99.9 cm³/mol. The Morgan fingerprint density at radius 1 is 1.38 bits per heavy atom. The first-order valence-corrected chi connectivity index (χ1v) is 8.55. The summed E-state index contributed by atoms with van der Waals surface area (Å²) in [4.78, 5) is 22.0. The highest BCUT2D eigenvalue weighted by Gasteiger charge is 2.33. The summed E-state index contributed by atoms with van der Waals surface area (Å²) in [6, 6.07) is 4.90. The molecule has 0 aromatic heterocycles. The van der Waals surface area contributed by atoms with E-state index < -0.39 is 34.7 Å². The van der Waals surface area contributed by atoms with E-state index in [-0.39, 0.29) is 22.6 Å². The molecule has 0 spiro atoms. The lowest BCUT2D eigenvalue weighted by molar-refractivity contribution is -0.385. The van der Waals surface area contributed by atoms with Crippen molar-refractivity contribution in [1.29, 1.82) is 0 Å². The Morgan fingerprint density at radius 2 is 2.07 bits per heavy atom. The molecule has 0 bridgehead atoms. The maximum Gasteiger partial charge on any atom is 0.416 e. The van der Waals surface area contributed by atoms with Crippen molar-refractivity contribution in [1.82, 2.24) is 5.43 Å². The normalized spacial score (nSPS) is 11.5. The first kappa shape index (κ1) is 22.1. The van der Waals surface area contributed by atoms with Crippen LogP contribution < -0.4 is 10.2 Å². The number of phenolic OH excluding ortho intramolecular Hbond substituents is 1. The number of aromatic hydroxyl groups is 1. The van der Waals surface area contributed by atoms with Crippen LogP contribution in [0.1, 0.15) is 16.7 Å². The van der Waals surface area contributed by atoms with Crippen molar-refractivity contribution in [3.05, 3.63) is 61.6 Å². The summed E-state index contributed by atoms with van der Waals surface area (Å²) in [5.74, 6) is -0.870. The van der Waals surface area contributed by atoms with Gasteiger partial charge in [0.25, 0.3) is 5.69 Å². The average molecular weight is 476 g/mol. The molecule has 0 saturated heterocycles. The first-order chi connectivity index (χ1) is 13.5. The number of ether oxygens (including phenoxy) is 1. The molecule has 0 aliphatic heterocycles. The van der Waals surface area contributed by atoms with E-state index in [1.165, 1.54) is 19.2 Å². The number of hydrogen-bond donors (Lipinski definition) is 2. The Bertz CT molecular complexity index is 980. The minimum absolute atomic E-state index is 0.160. The van der Waals surface area contributed by atoms with Crippen LogP contribution in [0, 0.1) is 10.1 Å². The molecule has 154 valence electrons. The molecule has 0 heterocycles. The van der Waals surface area contributed by atoms with Crippen molar-refractivity contribution in [3.8, 4) is 11.5 Å². The van der Waals surface area contributed by atoms with Gasteiger partial charge in [0, 0.05) is 21.7 Å². The Balaban J connectivity index is 2.15. The number of nitro groups is 1. The van der Waals surface area contributed by atoms with Gasteiger partial charge in [0.05, 0.1) is 30.2 Å². The van der Waals surface area contributed by atoms with E-state index in [1.54, 1.807) is 0 Å². The van der Waals surface area contributed by atoms with Crippen LogP contribution in [-0.4, -0.2) is 29.3 Å². The molecule has 1 amide bonds. The molecule has 0 atom stereocenters. The number of halogens is 4. The highest BCUT2D eigenvalue weighted by Crippen LogP contribution is 2.34. The van der Waals surface area contributed by atoms with Crippen LogP contribution >= 0.6 is 15.9 Å². The van der Waals surface area contributed by atoms with Crippen LogP contribution in [0.15, 0.2) is 39.9 Å². The summed E-state index contributed by atoms with van der Waals surface area (Å²) in [5.41, 5.74) is 0.0780. The van der Waals surface area contributed by atoms with E-state index in [0.29, 0.717) is 16.6 Å². The Hall–Kier alpha value is -3.15. The Kier molecular flexibility index (Phi) is 6.80. The zero-order valence-electron chi connectivity index (χ0n) is 14.7. The fraction of sp³-hybridized carbons (Fsp3) is 0.176. The highest BCUT2D eigenvalue weighted by atomic mass is 79.9. The van der Waals surface area contributed by atoms with E-state index in [1.807, 2.05) is 0 Å². The lowest BCUT2D eigenvalue weighted by Crippen LogP contribution is -2.20. The molecule has 2 aromatic rings. The molecule has 2 rings (SSSR count). The molecule has 0 aliphatic carbocycles. The monoisotopic (exact) mass is 475 g/mol. The van der Waals surface area contributed by atoms with Crippen molar-refractivity contribution in [2.75, 3.05) is 7.11 Å². The van der Waals surface area contributed by atoms with Crippen molar-refractivity contribution in [2.24, 2.45) is 5.10 Å². The number of phenols is 1. The minimum Gasteiger partial charge on any atom is -0.504 e. The Morgan fingerprint density at radius 3 is 2.66 bits per heavy atom. The number of amides is 1. The molecule has 29 heavy (non-hydrogen) atoms. The third-order valence-corrected chi connectivity index (χ3v) is 4.10. The number of hydrogen-bond acceptors (Lipinski definition) is 6. The van der Waals surface area contributed by atoms with Crippen molar-refractivity contribution >= 4 is 33.7 Å². The maximum absolute atomic E-state index is 12.7. The zero-order chi connectivity index (χ0) is 21.8. The fourth-order valence-corrected chi connectivity index (χ4v) is 2.75. The van der Waals surface area contributed by atoms with Gasteiger partial charge in [-0.1, -0.05) is 22.0 Å². The zero-order valence-corrected chi connectivity index (χ0v) is 16.2. The largest absolute Gasteiger partial charge is 0.504 e. The van der Waals surface area contributed by atoms with Gasteiger partial charge in [0.2, 0.25) is 5.91 Å². The number of benzene rings is 2. The predicted octanol–water partition coefficient (Wildman–Crippen LogP) is 3.78. The summed E-state index contributed by atoms with van der Waals surface area (Å²) >= 11 is 3.21. The fourth-order valence-electron chi connectivity index (χ4n) is 2.29. The van der Waals surface area contributed by atoms with Crippen molar-refractivity contribution in [2.45, 2.75) is 12.6 Å². The van der Waals surface area contributed by atoms with Gasteiger partial charge < -0.3 is 9.84 Å². The summed E-state index contributed by atoms with van der Waals surface area (Å²) in [7, 11) is 1.35. The van der Waals surface area contributed by atoms with Crippen molar-refractivity contribution in [3.63, 3.8) is 0 Å². The van der Waals surface area contributed by atoms with Crippen LogP contribution in [0.3, 0.4) is 0 Å². The van der Waals surface area contributed by atoms with Crippen LogP contribution in [0.4, 0.5) is 18.9 Å².